The predicted molar refractivity (Wildman–Crippen MR) is 65.8 cm³/mol. The van der Waals surface area contributed by atoms with E-state index in [2.05, 4.69) is 20.9 Å². The van der Waals surface area contributed by atoms with Crippen molar-refractivity contribution in [1.29, 1.82) is 0 Å². The van der Waals surface area contributed by atoms with Crippen molar-refractivity contribution in [3.63, 3.8) is 0 Å². The monoisotopic (exact) mass is 297 g/mol. The summed E-state index contributed by atoms with van der Waals surface area (Å²) in [5.41, 5.74) is -0.274. The lowest BCUT2D eigenvalue weighted by Crippen LogP contribution is -2.15. The van der Waals surface area contributed by atoms with Crippen LogP contribution in [0.25, 0.3) is 10.9 Å². The topological polar surface area (TPSA) is 79.4 Å². The van der Waals surface area contributed by atoms with E-state index in [1.807, 2.05) is 0 Å². The van der Waals surface area contributed by atoms with Crippen molar-refractivity contribution >= 4 is 32.8 Å². The molecule has 0 amide bonds. The minimum absolute atomic E-state index is 0.283. The molecule has 88 valence electrons. The van der Waals surface area contributed by atoms with Crippen molar-refractivity contribution < 1.29 is 14.6 Å². The molecule has 0 spiro atoms. The van der Waals surface area contributed by atoms with Gasteiger partial charge in [0.15, 0.2) is 0 Å². The van der Waals surface area contributed by atoms with Crippen molar-refractivity contribution in [2.24, 2.45) is 0 Å². The highest BCUT2D eigenvalue weighted by atomic mass is 79.9. The number of aromatic nitrogens is 1. The van der Waals surface area contributed by atoms with Crippen molar-refractivity contribution in [3.8, 4) is 5.75 Å². The summed E-state index contributed by atoms with van der Waals surface area (Å²) in [5, 5.41) is 9.14. The Hall–Kier alpha value is -1.82. The molecule has 6 heteroatoms. The molecule has 2 N–H and O–H groups in total. The number of nitrogens with one attached hydrogen (secondary N) is 1. The highest BCUT2D eigenvalue weighted by Crippen LogP contribution is 2.28. The number of aromatic amines is 1. The van der Waals surface area contributed by atoms with Crippen LogP contribution in [0.3, 0.4) is 0 Å². The molecule has 0 unspecified atom stereocenters. The van der Waals surface area contributed by atoms with E-state index >= 15 is 0 Å². The Morgan fingerprint density at radius 1 is 1.47 bits per heavy atom. The van der Waals surface area contributed by atoms with Gasteiger partial charge in [0.25, 0.3) is 0 Å². The first-order valence-corrected chi connectivity index (χ1v) is 5.46. The number of pyridine rings is 1. The van der Waals surface area contributed by atoms with Crippen molar-refractivity contribution in [2.75, 3.05) is 7.11 Å². The zero-order valence-corrected chi connectivity index (χ0v) is 10.4. The van der Waals surface area contributed by atoms with Crippen LogP contribution in [-0.2, 0) is 0 Å². The average molecular weight is 298 g/mol. The second-order valence-corrected chi connectivity index (χ2v) is 4.22. The van der Waals surface area contributed by atoms with E-state index in [1.54, 1.807) is 12.1 Å². The third kappa shape index (κ3) is 1.91. The molecule has 0 saturated carbocycles. The number of carboxylic acids is 1. The van der Waals surface area contributed by atoms with Gasteiger partial charge >= 0.3 is 5.97 Å². The van der Waals surface area contributed by atoms with Crippen LogP contribution in [0.2, 0.25) is 0 Å². The molecule has 1 heterocycles. The maximum Gasteiger partial charge on any atom is 0.341 e. The number of carbonyl (C=O) groups is 1. The summed E-state index contributed by atoms with van der Waals surface area (Å²) < 4.78 is 5.68. The van der Waals surface area contributed by atoms with Crippen LogP contribution in [0.1, 0.15) is 10.4 Å². The summed E-state index contributed by atoms with van der Waals surface area (Å²) in [5.74, 6) is -0.684. The summed E-state index contributed by atoms with van der Waals surface area (Å²) >= 11 is 3.25. The lowest BCUT2D eigenvalue weighted by molar-refractivity contribution is 0.0695. The zero-order valence-electron chi connectivity index (χ0n) is 8.78. The molecule has 0 aliphatic heterocycles. The number of H-pyrrole nitrogens is 1. The Balaban J connectivity index is 2.83. The minimum Gasteiger partial charge on any atom is -0.495 e. The molecule has 0 saturated heterocycles. The standard InChI is InChI=1S/C11H8BrNO4/c1-17-9-3-8-5(2-7(9)12)10(14)6(4-13-8)11(15)16/h2-4H,1H3,(H,13,14)(H,15,16). The number of hydrogen-bond donors (Lipinski definition) is 2. The summed E-state index contributed by atoms with van der Waals surface area (Å²) in [6.07, 6.45) is 1.18. The first-order valence-electron chi connectivity index (χ1n) is 4.67. The number of ether oxygens (including phenoxy) is 1. The van der Waals surface area contributed by atoms with Crippen molar-refractivity contribution in [3.05, 3.63) is 38.6 Å². The number of rotatable bonds is 2. The summed E-state index contributed by atoms with van der Waals surface area (Å²) in [4.78, 5) is 25.4. The van der Waals surface area contributed by atoms with Crippen LogP contribution in [-0.4, -0.2) is 23.2 Å². The van der Waals surface area contributed by atoms with E-state index in [-0.39, 0.29) is 5.56 Å². The Labute approximate surface area is 104 Å². The van der Waals surface area contributed by atoms with E-state index < -0.39 is 11.4 Å². The quantitative estimate of drug-likeness (QED) is 0.888. The number of halogens is 1. The van der Waals surface area contributed by atoms with Gasteiger partial charge in [0, 0.05) is 17.6 Å². The van der Waals surface area contributed by atoms with Gasteiger partial charge in [-0.1, -0.05) is 0 Å². The van der Waals surface area contributed by atoms with Gasteiger partial charge in [-0.25, -0.2) is 4.79 Å². The fourth-order valence-corrected chi connectivity index (χ4v) is 2.04. The first-order chi connectivity index (χ1) is 8.04. The normalized spacial score (nSPS) is 10.5. The third-order valence-electron chi connectivity index (χ3n) is 2.38. The number of carboxylic acid groups (broad SMARTS) is 1. The molecule has 0 atom stereocenters. The molecule has 0 aliphatic carbocycles. The molecule has 2 rings (SSSR count). The number of aromatic carboxylic acids is 1. The number of hydrogen-bond acceptors (Lipinski definition) is 3. The van der Waals surface area contributed by atoms with Gasteiger partial charge in [-0.05, 0) is 22.0 Å². The maximum absolute atomic E-state index is 11.9. The largest absolute Gasteiger partial charge is 0.495 e. The van der Waals surface area contributed by atoms with E-state index in [9.17, 15) is 9.59 Å². The molecule has 0 fully saturated rings. The Morgan fingerprint density at radius 2 is 2.18 bits per heavy atom. The van der Waals surface area contributed by atoms with Gasteiger partial charge in [0.05, 0.1) is 17.1 Å². The van der Waals surface area contributed by atoms with Crippen LogP contribution < -0.4 is 10.2 Å². The van der Waals surface area contributed by atoms with Gasteiger partial charge in [0.2, 0.25) is 5.43 Å². The SMILES string of the molecule is COc1cc2[nH]cc(C(=O)O)c(=O)c2cc1Br. The number of methoxy groups -OCH3 is 1. The van der Waals surface area contributed by atoms with Crippen LogP contribution in [0.15, 0.2) is 27.6 Å². The van der Waals surface area contributed by atoms with Gasteiger partial charge in [-0.2, -0.15) is 0 Å². The van der Waals surface area contributed by atoms with Crippen LogP contribution in [0.4, 0.5) is 0 Å². The van der Waals surface area contributed by atoms with Gasteiger partial charge in [0.1, 0.15) is 11.3 Å². The lowest BCUT2D eigenvalue weighted by atomic mass is 10.1. The number of fused-ring (bicyclic) bond motifs is 1. The predicted octanol–water partition coefficient (Wildman–Crippen LogP) is 2.00. The van der Waals surface area contributed by atoms with Gasteiger partial charge in [-0.3, -0.25) is 4.79 Å². The van der Waals surface area contributed by atoms with Crippen LogP contribution in [0.5, 0.6) is 5.75 Å². The zero-order chi connectivity index (χ0) is 12.6. The molecule has 2 aromatic rings. The fraction of sp³-hybridized carbons (Fsp3) is 0.0909. The highest BCUT2D eigenvalue weighted by molar-refractivity contribution is 9.10. The van der Waals surface area contributed by atoms with E-state index in [1.165, 1.54) is 13.3 Å². The van der Waals surface area contributed by atoms with Crippen molar-refractivity contribution in [1.82, 2.24) is 4.98 Å². The summed E-state index contributed by atoms with van der Waals surface area (Å²) in [6, 6.07) is 3.17. The maximum atomic E-state index is 11.9. The van der Waals surface area contributed by atoms with E-state index in [0.29, 0.717) is 21.1 Å². The first kappa shape index (κ1) is 11.7. The molecule has 1 aromatic carbocycles. The Morgan fingerprint density at radius 3 is 2.76 bits per heavy atom. The molecule has 1 aromatic heterocycles. The second kappa shape index (κ2) is 4.21. The summed E-state index contributed by atoms with van der Waals surface area (Å²) in [6.45, 7) is 0. The van der Waals surface area contributed by atoms with Crippen molar-refractivity contribution in [2.45, 2.75) is 0 Å². The molecule has 0 aliphatic rings. The highest BCUT2D eigenvalue weighted by Gasteiger charge is 2.13. The molecule has 0 bridgehead atoms. The average Bonchev–Trinajstić information content (AvgIpc) is 2.29. The van der Waals surface area contributed by atoms with Gasteiger partial charge < -0.3 is 14.8 Å². The van der Waals surface area contributed by atoms with Gasteiger partial charge in [-0.15, -0.1) is 0 Å². The van der Waals surface area contributed by atoms with Crippen LogP contribution >= 0.6 is 15.9 Å². The fourth-order valence-electron chi connectivity index (χ4n) is 1.54. The summed E-state index contributed by atoms with van der Waals surface area (Å²) in [7, 11) is 1.51. The number of benzene rings is 1. The lowest BCUT2D eigenvalue weighted by Gasteiger charge is -2.05. The van der Waals surface area contributed by atoms with E-state index in [4.69, 9.17) is 9.84 Å². The van der Waals surface area contributed by atoms with Crippen LogP contribution in [0, 0.1) is 0 Å². The molecule has 17 heavy (non-hydrogen) atoms. The second-order valence-electron chi connectivity index (χ2n) is 3.37. The minimum atomic E-state index is -1.25. The molecular weight excluding hydrogens is 290 g/mol. The van der Waals surface area contributed by atoms with E-state index in [0.717, 1.165) is 0 Å². The third-order valence-corrected chi connectivity index (χ3v) is 3.00. The smallest absolute Gasteiger partial charge is 0.341 e. The molecular formula is C11H8BrNO4. The molecule has 0 radical (unpaired) electrons. The Bertz CT molecular complexity index is 662. The Kier molecular flexibility index (Phi) is 2.89. The molecule has 5 nitrogen and oxygen atoms in total.